The van der Waals surface area contributed by atoms with Gasteiger partial charge in [-0.25, -0.2) is 9.97 Å². The number of hydrogen-bond acceptors (Lipinski definition) is 3. The van der Waals surface area contributed by atoms with Crippen LogP contribution >= 0.6 is 0 Å². The van der Waals surface area contributed by atoms with Crippen LogP contribution in [0.15, 0.2) is 30.5 Å². The van der Waals surface area contributed by atoms with E-state index in [4.69, 9.17) is 0 Å². The number of aromatic nitrogens is 2. The van der Waals surface area contributed by atoms with Crippen LogP contribution in [0.2, 0.25) is 0 Å². The fraction of sp³-hybridized carbons (Fsp3) is 0.353. The summed E-state index contributed by atoms with van der Waals surface area (Å²) < 4.78 is 0. The summed E-state index contributed by atoms with van der Waals surface area (Å²) in [5.41, 5.74) is 4.41. The molecule has 20 heavy (non-hydrogen) atoms. The molecule has 0 saturated heterocycles. The Kier molecular flexibility index (Phi) is 3.71. The van der Waals surface area contributed by atoms with Gasteiger partial charge in [0.05, 0.1) is 5.69 Å². The minimum Gasteiger partial charge on any atom is -0.291 e. The molecule has 0 aliphatic rings. The van der Waals surface area contributed by atoms with Crippen LogP contribution in [-0.2, 0) is 5.41 Å². The molecule has 0 aliphatic heterocycles. The Hall–Kier alpha value is -2.03. The van der Waals surface area contributed by atoms with E-state index < -0.39 is 0 Å². The van der Waals surface area contributed by atoms with Crippen LogP contribution in [0.4, 0.5) is 0 Å². The Morgan fingerprint density at radius 2 is 1.85 bits per heavy atom. The third-order valence-electron chi connectivity index (χ3n) is 3.34. The molecule has 0 N–H and O–H groups in total. The lowest BCUT2D eigenvalue weighted by molar-refractivity contribution is 0.100. The van der Waals surface area contributed by atoms with E-state index in [0.29, 0.717) is 0 Å². The smallest absolute Gasteiger partial charge is 0.196 e. The number of aryl methyl sites for hydroxylation is 1. The minimum atomic E-state index is -0.115. The summed E-state index contributed by atoms with van der Waals surface area (Å²) in [6.07, 6.45) is 1.64. The molecule has 0 saturated carbocycles. The first-order valence-corrected chi connectivity index (χ1v) is 6.74. The van der Waals surface area contributed by atoms with Crippen LogP contribution in [0.5, 0.6) is 0 Å². The van der Waals surface area contributed by atoms with Crippen LogP contribution in [0.3, 0.4) is 0 Å². The highest BCUT2D eigenvalue weighted by molar-refractivity contribution is 5.90. The summed E-state index contributed by atoms with van der Waals surface area (Å²) in [5.74, 6) is 0.151. The standard InChI is InChI=1S/C17H20N2O/c1-11-10-13(17(3,4)5)6-7-14(11)15-8-9-18-16(19-15)12(2)20/h6-10H,1-5H3. The maximum absolute atomic E-state index is 11.4. The number of hydrogen-bond donors (Lipinski definition) is 0. The van der Waals surface area contributed by atoms with Crippen molar-refractivity contribution in [3.63, 3.8) is 0 Å². The molecule has 0 unspecified atom stereocenters. The summed E-state index contributed by atoms with van der Waals surface area (Å²) in [4.78, 5) is 19.7. The summed E-state index contributed by atoms with van der Waals surface area (Å²) in [6, 6.07) is 8.22. The molecule has 2 rings (SSSR count). The molecule has 0 radical (unpaired) electrons. The third-order valence-corrected chi connectivity index (χ3v) is 3.34. The highest BCUT2D eigenvalue weighted by atomic mass is 16.1. The van der Waals surface area contributed by atoms with Gasteiger partial charge in [-0.15, -0.1) is 0 Å². The number of benzene rings is 1. The van der Waals surface area contributed by atoms with Crippen molar-refractivity contribution in [2.45, 2.75) is 40.0 Å². The molecular weight excluding hydrogens is 248 g/mol. The Labute approximate surface area is 120 Å². The fourth-order valence-corrected chi connectivity index (χ4v) is 2.10. The molecule has 3 nitrogen and oxygen atoms in total. The number of rotatable bonds is 2. The van der Waals surface area contributed by atoms with Crippen molar-refractivity contribution in [2.75, 3.05) is 0 Å². The Balaban J connectivity index is 2.49. The average molecular weight is 268 g/mol. The lowest BCUT2D eigenvalue weighted by atomic mass is 9.85. The van der Waals surface area contributed by atoms with Gasteiger partial charge in [-0.2, -0.15) is 0 Å². The topological polar surface area (TPSA) is 42.9 Å². The van der Waals surface area contributed by atoms with E-state index in [1.54, 1.807) is 6.20 Å². The van der Waals surface area contributed by atoms with Crippen LogP contribution in [0, 0.1) is 6.92 Å². The van der Waals surface area contributed by atoms with Gasteiger partial charge in [0, 0.05) is 18.7 Å². The summed E-state index contributed by atoms with van der Waals surface area (Å²) in [5, 5.41) is 0. The molecule has 0 bridgehead atoms. The monoisotopic (exact) mass is 268 g/mol. The van der Waals surface area contributed by atoms with Gasteiger partial charge in [0.15, 0.2) is 11.6 Å². The van der Waals surface area contributed by atoms with Crippen molar-refractivity contribution in [2.24, 2.45) is 0 Å². The zero-order chi connectivity index (χ0) is 14.9. The van der Waals surface area contributed by atoms with E-state index in [1.165, 1.54) is 12.5 Å². The summed E-state index contributed by atoms with van der Waals surface area (Å²) in [6.45, 7) is 10.1. The van der Waals surface area contributed by atoms with Crippen LogP contribution in [0.25, 0.3) is 11.3 Å². The molecule has 0 aliphatic carbocycles. The fourth-order valence-electron chi connectivity index (χ4n) is 2.10. The number of carbonyl (C=O) groups is 1. The molecule has 1 aromatic carbocycles. The largest absolute Gasteiger partial charge is 0.291 e. The lowest BCUT2D eigenvalue weighted by Gasteiger charge is -2.20. The minimum absolute atomic E-state index is 0.115. The summed E-state index contributed by atoms with van der Waals surface area (Å²) in [7, 11) is 0. The van der Waals surface area contributed by atoms with Gasteiger partial charge in [-0.3, -0.25) is 4.79 Å². The SMILES string of the molecule is CC(=O)c1nccc(-c2ccc(C(C)(C)C)cc2C)n1. The number of carbonyl (C=O) groups excluding carboxylic acids is 1. The van der Waals surface area contributed by atoms with Gasteiger partial charge in [0.25, 0.3) is 0 Å². The maximum Gasteiger partial charge on any atom is 0.196 e. The quantitative estimate of drug-likeness (QED) is 0.774. The lowest BCUT2D eigenvalue weighted by Crippen LogP contribution is -2.11. The molecule has 104 valence electrons. The van der Waals surface area contributed by atoms with E-state index in [-0.39, 0.29) is 17.0 Å². The van der Waals surface area contributed by atoms with Crippen LogP contribution < -0.4 is 0 Å². The van der Waals surface area contributed by atoms with E-state index in [9.17, 15) is 4.79 Å². The second-order valence-electron chi connectivity index (χ2n) is 6.10. The Morgan fingerprint density at radius 1 is 1.15 bits per heavy atom. The molecule has 0 spiro atoms. The van der Waals surface area contributed by atoms with Crippen molar-refractivity contribution in [1.82, 2.24) is 9.97 Å². The normalized spacial score (nSPS) is 11.4. The van der Waals surface area contributed by atoms with Gasteiger partial charge >= 0.3 is 0 Å². The number of Topliss-reactive ketones (excluding diaryl/α,β-unsaturated/α-hetero) is 1. The van der Waals surface area contributed by atoms with Crippen LogP contribution in [0.1, 0.15) is 49.4 Å². The third kappa shape index (κ3) is 2.93. The molecule has 1 heterocycles. The molecule has 2 aromatic rings. The van der Waals surface area contributed by atoms with Crippen molar-refractivity contribution in [1.29, 1.82) is 0 Å². The average Bonchev–Trinajstić information content (AvgIpc) is 2.37. The number of ketones is 1. The Bertz CT molecular complexity index is 654. The van der Waals surface area contributed by atoms with E-state index >= 15 is 0 Å². The maximum atomic E-state index is 11.4. The van der Waals surface area contributed by atoms with Crippen molar-refractivity contribution in [3.8, 4) is 11.3 Å². The van der Waals surface area contributed by atoms with Gasteiger partial charge in [-0.05, 0) is 29.5 Å². The van der Waals surface area contributed by atoms with Gasteiger partial charge in [-0.1, -0.05) is 39.0 Å². The molecular formula is C17H20N2O. The van der Waals surface area contributed by atoms with E-state index in [2.05, 4.69) is 55.9 Å². The number of nitrogens with zero attached hydrogens (tertiary/aromatic N) is 2. The zero-order valence-electron chi connectivity index (χ0n) is 12.7. The summed E-state index contributed by atoms with van der Waals surface area (Å²) >= 11 is 0. The van der Waals surface area contributed by atoms with Crippen LogP contribution in [-0.4, -0.2) is 15.8 Å². The second kappa shape index (κ2) is 5.16. The predicted octanol–water partition coefficient (Wildman–Crippen LogP) is 3.95. The molecule has 0 atom stereocenters. The van der Waals surface area contributed by atoms with Crippen molar-refractivity contribution < 1.29 is 4.79 Å². The van der Waals surface area contributed by atoms with Gasteiger partial charge in [0.2, 0.25) is 0 Å². The predicted molar refractivity (Wildman–Crippen MR) is 80.9 cm³/mol. The van der Waals surface area contributed by atoms with Gasteiger partial charge < -0.3 is 0 Å². The molecule has 3 heteroatoms. The van der Waals surface area contributed by atoms with Crippen molar-refractivity contribution >= 4 is 5.78 Å². The molecule has 0 amide bonds. The zero-order valence-corrected chi connectivity index (χ0v) is 12.7. The first-order valence-electron chi connectivity index (χ1n) is 6.74. The van der Waals surface area contributed by atoms with E-state index in [0.717, 1.165) is 16.8 Å². The highest BCUT2D eigenvalue weighted by Crippen LogP contribution is 2.28. The first-order chi connectivity index (χ1) is 9.29. The van der Waals surface area contributed by atoms with Crippen molar-refractivity contribution in [3.05, 3.63) is 47.4 Å². The molecule has 0 fully saturated rings. The second-order valence-corrected chi connectivity index (χ2v) is 6.10. The highest BCUT2D eigenvalue weighted by Gasteiger charge is 2.15. The first kappa shape index (κ1) is 14.4. The van der Waals surface area contributed by atoms with E-state index in [1.807, 2.05) is 6.07 Å². The molecule has 1 aromatic heterocycles. The Morgan fingerprint density at radius 3 is 2.40 bits per heavy atom. The van der Waals surface area contributed by atoms with Gasteiger partial charge in [0.1, 0.15) is 0 Å².